The van der Waals surface area contributed by atoms with Crippen LogP contribution in [0.1, 0.15) is 46.6 Å². The van der Waals surface area contributed by atoms with Crippen LogP contribution in [0.25, 0.3) is 0 Å². The summed E-state index contributed by atoms with van der Waals surface area (Å²) in [5, 5.41) is 12.7. The van der Waals surface area contributed by atoms with Gasteiger partial charge in [-0.05, 0) is 25.5 Å². The number of ketones is 1. The Morgan fingerprint density at radius 1 is 1.15 bits per heavy atom. The van der Waals surface area contributed by atoms with Crippen molar-refractivity contribution in [2.45, 2.75) is 38.1 Å². The maximum Gasteiger partial charge on any atom is 0.311 e. The van der Waals surface area contributed by atoms with Crippen LogP contribution in [-0.2, 0) is 32.5 Å². The summed E-state index contributed by atoms with van der Waals surface area (Å²) in [7, 11) is 1.70. The number of hydrogen-bond acceptors (Lipinski definition) is 7. The normalized spacial score (nSPS) is 16.1. The van der Waals surface area contributed by atoms with Crippen molar-refractivity contribution in [3.63, 3.8) is 0 Å². The highest BCUT2D eigenvalue weighted by Crippen LogP contribution is 2.35. The van der Waals surface area contributed by atoms with E-state index in [1.54, 1.807) is 35.9 Å². The van der Waals surface area contributed by atoms with Gasteiger partial charge in [0.2, 0.25) is 5.78 Å². The fourth-order valence-corrected chi connectivity index (χ4v) is 4.15. The molecule has 176 valence electrons. The second kappa shape index (κ2) is 10.5. The van der Waals surface area contributed by atoms with Crippen molar-refractivity contribution in [3.8, 4) is 0 Å². The second-order valence-electron chi connectivity index (χ2n) is 8.35. The molecule has 33 heavy (non-hydrogen) atoms. The van der Waals surface area contributed by atoms with Gasteiger partial charge in [0, 0.05) is 44.4 Å². The molecule has 0 spiro atoms. The first-order valence-electron chi connectivity index (χ1n) is 10.8. The Balaban J connectivity index is 1.58. The number of carbonyl (C=O) groups excluding carboxylic acids is 2. The van der Waals surface area contributed by atoms with Gasteiger partial charge in [0.25, 0.3) is 0 Å². The molecule has 1 fully saturated rings. The van der Waals surface area contributed by atoms with Gasteiger partial charge in [-0.15, -0.1) is 0 Å². The van der Waals surface area contributed by atoms with Crippen LogP contribution < -0.4 is 0 Å². The van der Waals surface area contributed by atoms with E-state index < -0.39 is 23.4 Å². The molecule has 9 nitrogen and oxygen atoms in total. The predicted molar refractivity (Wildman–Crippen MR) is 119 cm³/mol. The SMILES string of the molecule is Cc1ccc(C(=O)c2ccc(CC(=O)OCCC(C(=O)O)C3(N=O)CCOCC3)n2C)cc1. The molecule has 9 heteroatoms. The summed E-state index contributed by atoms with van der Waals surface area (Å²) >= 11 is 0. The lowest BCUT2D eigenvalue weighted by molar-refractivity contribution is -0.150. The van der Waals surface area contributed by atoms with Crippen LogP contribution in [0.2, 0.25) is 0 Å². The Kier molecular flexibility index (Phi) is 7.75. The van der Waals surface area contributed by atoms with E-state index in [1.165, 1.54) is 0 Å². The van der Waals surface area contributed by atoms with Crippen molar-refractivity contribution in [1.82, 2.24) is 4.57 Å². The topological polar surface area (TPSA) is 124 Å². The molecule has 1 aliphatic rings. The number of carbonyl (C=O) groups is 3. The number of nitroso groups, excluding NO2 is 1. The van der Waals surface area contributed by atoms with Crippen LogP contribution in [0.4, 0.5) is 0 Å². The lowest BCUT2D eigenvalue weighted by Crippen LogP contribution is -2.45. The molecule has 1 saturated heterocycles. The molecule has 1 unspecified atom stereocenters. The van der Waals surface area contributed by atoms with Crippen LogP contribution in [0, 0.1) is 17.7 Å². The van der Waals surface area contributed by atoms with E-state index in [4.69, 9.17) is 9.47 Å². The third-order valence-electron chi connectivity index (χ3n) is 6.25. The van der Waals surface area contributed by atoms with Gasteiger partial charge in [-0.2, -0.15) is 4.91 Å². The minimum absolute atomic E-state index is 0.0168. The second-order valence-corrected chi connectivity index (χ2v) is 8.35. The molecule has 1 aromatic carbocycles. The highest BCUT2D eigenvalue weighted by atomic mass is 16.5. The zero-order valence-electron chi connectivity index (χ0n) is 18.8. The van der Waals surface area contributed by atoms with Crippen LogP contribution in [0.15, 0.2) is 41.6 Å². The molecule has 1 N–H and O–H groups in total. The van der Waals surface area contributed by atoms with E-state index in [0.717, 1.165) is 5.56 Å². The predicted octanol–water partition coefficient (Wildman–Crippen LogP) is 3.06. The van der Waals surface area contributed by atoms with Gasteiger partial charge >= 0.3 is 11.9 Å². The van der Waals surface area contributed by atoms with E-state index in [-0.39, 0.29) is 51.3 Å². The van der Waals surface area contributed by atoms with Gasteiger partial charge < -0.3 is 19.1 Å². The molecule has 0 radical (unpaired) electrons. The molecule has 2 aromatic rings. The van der Waals surface area contributed by atoms with Crippen molar-refractivity contribution in [1.29, 1.82) is 0 Å². The Labute approximate surface area is 191 Å². The number of nitrogens with zero attached hydrogens (tertiary/aromatic N) is 2. The summed E-state index contributed by atoms with van der Waals surface area (Å²) in [6, 6.07) is 10.6. The molecule has 0 amide bonds. The van der Waals surface area contributed by atoms with E-state index in [9.17, 15) is 24.4 Å². The van der Waals surface area contributed by atoms with Gasteiger partial charge in [0.15, 0.2) is 0 Å². The van der Waals surface area contributed by atoms with Crippen LogP contribution in [-0.4, -0.2) is 52.8 Å². The molecule has 3 rings (SSSR count). The maximum absolute atomic E-state index is 12.8. The van der Waals surface area contributed by atoms with E-state index in [1.807, 2.05) is 19.1 Å². The first-order chi connectivity index (χ1) is 15.8. The molecule has 2 heterocycles. The lowest BCUT2D eigenvalue weighted by atomic mass is 9.77. The van der Waals surface area contributed by atoms with Crippen LogP contribution >= 0.6 is 0 Å². The maximum atomic E-state index is 12.8. The Morgan fingerprint density at radius 3 is 2.42 bits per heavy atom. The van der Waals surface area contributed by atoms with E-state index in [0.29, 0.717) is 17.0 Å². The summed E-state index contributed by atoms with van der Waals surface area (Å²) in [6.45, 7) is 2.34. The number of carboxylic acids is 1. The standard InChI is InChI=1S/C24H28N2O7/c1-16-3-5-17(6-4-16)22(28)20-8-7-18(26(20)2)15-21(27)33-12-9-19(23(29)30)24(25-31)10-13-32-14-11-24/h3-8,19H,9-15H2,1-2H3,(H,29,30). The van der Waals surface area contributed by atoms with E-state index >= 15 is 0 Å². The van der Waals surface area contributed by atoms with Gasteiger partial charge in [-0.1, -0.05) is 35.0 Å². The zero-order valence-corrected chi connectivity index (χ0v) is 18.8. The number of rotatable bonds is 10. The van der Waals surface area contributed by atoms with E-state index in [2.05, 4.69) is 5.18 Å². The average Bonchev–Trinajstić information content (AvgIpc) is 3.16. The van der Waals surface area contributed by atoms with Crippen molar-refractivity contribution < 1.29 is 29.0 Å². The highest BCUT2D eigenvalue weighted by Gasteiger charge is 2.46. The molecular formula is C24H28N2O7. The number of aryl methyl sites for hydroxylation is 1. The van der Waals surface area contributed by atoms with Gasteiger partial charge in [-0.3, -0.25) is 14.4 Å². The fourth-order valence-electron chi connectivity index (χ4n) is 4.15. The number of esters is 1. The summed E-state index contributed by atoms with van der Waals surface area (Å²) in [5.41, 5.74) is 1.41. The summed E-state index contributed by atoms with van der Waals surface area (Å²) in [6.07, 6.45) is 0.364. The minimum atomic E-state index is -1.25. The summed E-state index contributed by atoms with van der Waals surface area (Å²) in [4.78, 5) is 48.4. The fraction of sp³-hybridized carbons (Fsp3) is 0.458. The van der Waals surface area contributed by atoms with Crippen molar-refractivity contribution in [2.24, 2.45) is 18.1 Å². The quantitative estimate of drug-likeness (QED) is 0.331. The number of aliphatic carboxylic acids is 1. The highest BCUT2D eigenvalue weighted by molar-refractivity contribution is 6.08. The van der Waals surface area contributed by atoms with Gasteiger partial charge in [0.1, 0.15) is 5.54 Å². The number of ether oxygens (including phenoxy) is 2. The molecule has 1 aliphatic heterocycles. The van der Waals surface area contributed by atoms with Crippen molar-refractivity contribution in [3.05, 3.63) is 63.8 Å². The summed E-state index contributed by atoms with van der Waals surface area (Å²) in [5.74, 6) is -2.89. The number of carboxylic acid groups (broad SMARTS) is 1. The zero-order chi connectivity index (χ0) is 24.0. The smallest absolute Gasteiger partial charge is 0.311 e. The molecular weight excluding hydrogens is 428 g/mol. The van der Waals surface area contributed by atoms with Gasteiger partial charge in [-0.25, -0.2) is 0 Å². The molecule has 0 bridgehead atoms. The third-order valence-corrected chi connectivity index (χ3v) is 6.25. The monoisotopic (exact) mass is 456 g/mol. The number of benzene rings is 1. The number of aromatic nitrogens is 1. The first-order valence-corrected chi connectivity index (χ1v) is 10.8. The minimum Gasteiger partial charge on any atom is -0.481 e. The molecule has 1 atom stereocenters. The molecule has 0 aliphatic carbocycles. The van der Waals surface area contributed by atoms with Crippen molar-refractivity contribution in [2.75, 3.05) is 19.8 Å². The molecule has 0 saturated carbocycles. The van der Waals surface area contributed by atoms with Crippen LogP contribution in [0.5, 0.6) is 0 Å². The Morgan fingerprint density at radius 2 is 1.82 bits per heavy atom. The largest absolute Gasteiger partial charge is 0.481 e. The molecule has 1 aromatic heterocycles. The first kappa shape index (κ1) is 24.3. The Bertz CT molecular complexity index is 1020. The lowest BCUT2D eigenvalue weighted by Gasteiger charge is -2.35. The van der Waals surface area contributed by atoms with Crippen molar-refractivity contribution >= 4 is 17.7 Å². The summed E-state index contributed by atoms with van der Waals surface area (Å²) < 4.78 is 12.1. The van der Waals surface area contributed by atoms with Crippen LogP contribution in [0.3, 0.4) is 0 Å². The average molecular weight is 456 g/mol. The van der Waals surface area contributed by atoms with Gasteiger partial charge in [0.05, 0.1) is 24.6 Å². The Hall–Kier alpha value is -3.33. The third kappa shape index (κ3) is 5.54. The number of hydrogen-bond donors (Lipinski definition) is 1.